The minimum Gasteiger partial charge on any atom is -0.338 e. The number of carbonyl (C=O) groups is 1. The van der Waals surface area contributed by atoms with Gasteiger partial charge < -0.3 is 16.4 Å². The average Bonchev–Trinajstić information content (AvgIpc) is 2.63. The Bertz CT molecular complexity index is 1110. The van der Waals surface area contributed by atoms with Gasteiger partial charge in [-0.25, -0.2) is 9.78 Å². The molecule has 0 unspecified atom stereocenters. The molecule has 0 aliphatic rings. The van der Waals surface area contributed by atoms with Gasteiger partial charge in [-0.1, -0.05) is 23.7 Å². The smallest absolute Gasteiger partial charge is 0.319 e. The van der Waals surface area contributed by atoms with Crippen molar-refractivity contribution >= 4 is 34.2 Å². The number of urea groups is 1. The summed E-state index contributed by atoms with van der Waals surface area (Å²) in [5.41, 5.74) is 8.14. The zero-order chi connectivity index (χ0) is 20.4. The number of aryl methyl sites for hydroxylation is 1. The molecule has 0 fully saturated rings. The van der Waals surface area contributed by atoms with Gasteiger partial charge in [0, 0.05) is 6.54 Å². The molecule has 146 valence electrons. The van der Waals surface area contributed by atoms with E-state index < -0.39 is 6.04 Å². The lowest BCUT2D eigenvalue weighted by atomic mass is 10.1. The van der Waals surface area contributed by atoms with E-state index in [0.717, 1.165) is 5.56 Å². The molecule has 2 amide bonds. The van der Waals surface area contributed by atoms with Crippen LogP contribution in [0.5, 0.6) is 0 Å². The highest BCUT2D eigenvalue weighted by atomic mass is 35.5. The lowest BCUT2D eigenvalue weighted by Gasteiger charge is -2.20. The molecule has 0 saturated heterocycles. The minimum atomic E-state index is -0.520. The van der Waals surface area contributed by atoms with Crippen LogP contribution in [0.15, 0.2) is 41.2 Å². The van der Waals surface area contributed by atoms with Crippen LogP contribution < -0.4 is 21.9 Å². The van der Waals surface area contributed by atoms with E-state index in [1.807, 2.05) is 19.9 Å². The van der Waals surface area contributed by atoms with E-state index in [0.29, 0.717) is 39.7 Å². The second-order valence-electron chi connectivity index (χ2n) is 6.54. The maximum Gasteiger partial charge on any atom is 0.319 e. The summed E-state index contributed by atoms with van der Waals surface area (Å²) in [6.07, 6.45) is 0. The lowest BCUT2D eigenvalue weighted by molar-refractivity contribution is 0.252. The fourth-order valence-corrected chi connectivity index (χ4v) is 3.25. The molecular weight excluding hydrogens is 378 g/mol. The molecule has 7 nitrogen and oxygen atoms in total. The van der Waals surface area contributed by atoms with Gasteiger partial charge in [-0.2, -0.15) is 0 Å². The molecule has 0 saturated carbocycles. The summed E-state index contributed by atoms with van der Waals surface area (Å²) in [7, 11) is 0. The number of amides is 2. The molecule has 0 radical (unpaired) electrons. The van der Waals surface area contributed by atoms with Crippen LogP contribution in [-0.2, 0) is 0 Å². The monoisotopic (exact) mass is 399 g/mol. The predicted octanol–water partition coefficient (Wildman–Crippen LogP) is 3.51. The summed E-state index contributed by atoms with van der Waals surface area (Å²) in [6, 6.07) is 9.62. The average molecular weight is 400 g/mol. The van der Waals surface area contributed by atoms with Crippen molar-refractivity contribution < 1.29 is 4.79 Å². The molecule has 2 aromatic carbocycles. The van der Waals surface area contributed by atoms with E-state index in [9.17, 15) is 9.59 Å². The van der Waals surface area contributed by atoms with Crippen LogP contribution in [0.4, 0.5) is 10.5 Å². The molecule has 1 heterocycles. The number of nitrogens with zero attached hydrogens (tertiary/aromatic N) is 2. The first-order valence-electron chi connectivity index (χ1n) is 8.96. The first-order valence-corrected chi connectivity index (χ1v) is 9.34. The number of aromatic nitrogens is 2. The molecule has 3 aromatic rings. The van der Waals surface area contributed by atoms with Gasteiger partial charge in [0.05, 0.1) is 33.3 Å². The van der Waals surface area contributed by atoms with E-state index in [1.54, 1.807) is 37.3 Å². The number of nitrogens with one attached hydrogen (secondary N) is 2. The number of hydrogen-bond donors (Lipinski definition) is 3. The van der Waals surface area contributed by atoms with Crippen LogP contribution in [-0.4, -0.2) is 22.1 Å². The number of hydrogen-bond acceptors (Lipinski definition) is 4. The molecule has 0 aliphatic heterocycles. The van der Waals surface area contributed by atoms with Crippen molar-refractivity contribution in [2.45, 2.75) is 26.8 Å². The van der Waals surface area contributed by atoms with Gasteiger partial charge in [0.15, 0.2) is 0 Å². The van der Waals surface area contributed by atoms with Crippen molar-refractivity contribution in [2.75, 3.05) is 11.9 Å². The minimum absolute atomic E-state index is 0.305. The molecule has 8 heteroatoms. The lowest BCUT2D eigenvalue weighted by Crippen LogP contribution is -2.31. The Morgan fingerprint density at radius 2 is 2.07 bits per heavy atom. The summed E-state index contributed by atoms with van der Waals surface area (Å²) >= 11 is 6.29. The van der Waals surface area contributed by atoms with Gasteiger partial charge in [0.1, 0.15) is 5.82 Å². The SMILES string of the molecule is CCNC(=O)Nc1ccc(C)cc1-n1c([C@H](C)N)nc2cccc(Cl)c2c1=O. The number of rotatable bonds is 4. The quantitative estimate of drug-likeness (QED) is 0.624. The molecule has 4 N–H and O–H groups in total. The molecule has 0 aliphatic carbocycles. The topological polar surface area (TPSA) is 102 Å². The van der Waals surface area contributed by atoms with Crippen molar-refractivity contribution in [2.24, 2.45) is 5.73 Å². The van der Waals surface area contributed by atoms with Crippen molar-refractivity contribution in [1.29, 1.82) is 0 Å². The Labute approximate surface area is 167 Å². The van der Waals surface area contributed by atoms with Crippen molar-refractivity contribution in [3.63, 3.8) is 0 Å². The first kappa shape index (κ1) is 19.9. The van der Waals surface area contributed by atoms with E-state index in [1.165, 1.54) is 4.57 Å². The molecule has 0 spiro atoms. The van der Waals surface area contributed by atoms with Gasteiger partial charge in [-0.15, -0.1) is 0 Å². The van der Waals surface area contributed by atoms with Gasteiger partial charge in [0.25, 0.3) is 5.56 Å². The largest absolute Gasteiger partial charge is 0.338 e. The molecule has 0 bridgehead atoms. The van der Waals surface area contributed by atoms with E-state index >= 15 is 0 Å². The first-order chi connectivity index (χ1) is 13.3. The maximum atomic E-state index is 13.4. The number of fused-ring (bicyclic) bond motifs is 1. The number of nitrogens with two attached hydrogens (primary N) is 1. The van der Waals surface area contributed by atoms with E-state index in [4.69, 9.17) is 17.3 Å². The normalized spacial score (nSPS) is 12.0. The second kappa shape index (κ2) is 8.00. The number of benzene rings is 2. The highest BCUT2D eigenvalue weighted by molar-refractivity contribution is 6.35. The third-order valence-electron chi connectivity index (χ3n) is 4.26. The van der Waals surface area contributed by atoms with Crippen molar-refractivity contribution in [1.82, 2.24) is 14.9 Å². The van der Waals surface area contributed by atoms with Gasteiger partial charge in [-0.3, -0.25) is 9.36 Å². The zero-order valence-electron chi connectivity index (χ0n) is 15.9. The standard InChI is InChI=1S/C20H22ClN5O2/c1-4-23-20(28)25-14-9-8-11(2)10-16(14)26-18(12(3)22)24-15-7-5-6-13(21)17(15)19(26)27/h5-10,12H,4,22H2,1-3H3,(H2,23,25,28)/t12-/m0/s1. The summed E-state index contributed by atoms with van der Waals surface area (Å²) in [4.78, 5) is 30.1. The predicted molar refractivity (Wildman–Crippen MR) is 112 cm³/mol. The molecule has 3 rings (SSSR count). The fraction of sp³-hybridized carbons (Fsp3) is 0.250. The van der Waals surface area contributed by atoms with Crippen LogP contribution in [0.3, 0.4) is 0 Å². The van der Waals surface area contributed by atoms with Crippen LogP contribution in [0.1, 0.15) is 31.3 Å². The summed E-state index contributed by atoms with van der Waals surface area (Å²) in [6.45, 7) is 5.95. The van der Waals surface area contributed by atoms with E-state index in [2.05, 4.69) is 15.6 Å². The fourth-order valence-electron chi connectivity index (χ4n) is 3.00. The maximum absolute atomic E-state index is 13.4. The van der Waals surface area contributed by atoms with Crippen LogP contribution in [0.2, 0.25) is 5.02 Å². The highest BCUT2D eigenvalue weighted by Crippen LogP contribution is 2.26. The van der Waals surface area contributed by atoms with Gasteiger partial charge in [-0.05, 0) is 50.6 Å². The Balaban J connectivity index is 2.34. The van der Waals surface area contributed by atoms with Crippen molar-refractivity contribution in [3.8, 4) is 5.69 Å². The van der Waals surface area contributed by atoms with Gasteiger partial charge in [0.2, 0.25) is 0 Å². The number of anilines is 1. The molecule has 1 aromatic heterocycles. The van der Waals surface area contributed by atoms with Crippen LogP contribution in [0, 0.1) is 6.92 Å². The Kier molecular flexibility index (Phi) is 5.67. The molecule has 1 atom stereocenters. The summed E-state index contributed by atoms with van der Waals surface area (Å²) in [5.74, 6) is 0.379. The zero-order valence-corrected chi connectivity index (χ0v) is 16.7. The van der Waals surface area contributed by atoms with Crippen LogP contribution >= 0.6 is 11.6 Å². The molecule has 28 heavy (non-hydrogen) atoms. The molecular formula is C20H22ClN5O2. The Morgan fingerprint density at radius 1 is 1.32 bits per heavy atom. The highest BCUT2D eigenvalue weighted by Gasteiger charge is 2.20. The number of halogens is 1. The summed E-state index contributed by atoms with van der Waals surface area (Å²) < 4.78 is 1.42. The third-order valence-corrected chi connectivity index (χ3v) is 4.57. The summed E-state index contributed by atoms with van der Waals surface area (Å²) in [5, 5.41) is 6.08. The van der Waals surface area contributed by atoms with Crippen molar-refractivity contribution in [3.05, 3.63) is 63.2 Å². The Hall–Kier alpha value is -2.90. The second-order valence-corrected chi connectivity index (χ2v) is 6.95. The van der Waals surface area contributed by atoms with Gasteiger partial charge >= 0.3 is 6.03 Å². The Morgan fingerprint density at radius 3 is 2.75 bits per heavy atom. The van der Waals surface area contributed by atoms with E-state index in [-0.39, 0.29) is 11.6 Å². The third kappa shape index (κ3) is 3.72. The number of carbonyl (C=O) groups excluding carboxylic acids is 1. The van der Waals surface area contributed by atoms with Crippen LogP contribution in [0.25, 0.3) is 16.6 Å².